The number of amides is 1. The van der Waals surface area contributed by atoms with Crippen molar-refractivity contribution in [3.05, 3.63) is 0 Å². The van der Waals surface area contributed by atoms with Crippen molar-refractivity contribution in [1.29, 1.82) is 0 Å². The van der Waals surface area contributed by atoms with Crippen molar-refractivity contribution in [2.45, 2.75) is 45.2 Å². The summed E-state index contributed by atoms with van der Waals surface area (Å²) < 4.78 is 0. The molecule has 88 valence electrons. The number of carbonyl (C=O) groups is 1. The van der Waals surface area contributed by atoms with E-state index >= 15 is 0 Å². The fourth-order valence-corrected chi connectivity index (χ4v) is 2.12. The van der Waals surface area contributed by atoms with Crippen molar-refractivity contribution >= 4 is 5.91 Å². The summed E-state index contributed by atoms with van der Waals surface area (Å²) in [4.78, 5) is 11.4. The Hall–Kier alpha value is -0.610. The van der Waals surface area contributed by atoms with Crippen molar-refractivity contribution < 1.29 is 9.90 Å². The Labute approximate surface area is 91.4 Å². The van der Waals surface area contributed by atoms with Crippen LogP contribution >= 0.6 is 0 Å². The average Bonchev–Trinajstić information content (AvgIpc) is 2.60. The Morgan fingerprint density at radius 2 is 2.20 bits per heavy atom. The van der Waals surface area contributed by atoms with Gasteiger partial charge in [-0.3, -0.25) is 4.79 Å². The van der Waals surface area contributed by atoms with Crippen LogP contribution in [0.15, 0.2) is 0 Å². The first-order valence-corrected chi connectivity index (χ1v) is 5.77. The van der Waals surface area contributed by atoms with Gasteiger partial charge < -0.3 is 15.7 Å². The number of aliphatic hydroxyl groups is 1. The molecular formula is C11H22N2O2. The summed E-state index contributed by atoms with van der Waals surface area (Å²) >= 11 is 0. The van der Waals surface area contributed by atoms with Crippen LogP contribution in [-0.2, 0) is 4.79 Å². The highest BCUT2D eigenvalue weighted by Crippen LogP contribution is 2.24. The zero-order valence-electron chi connectivity index (χ0n) is 9.62. The van der Waals surface area contributed by atoms with Crippen molar-refractivity contribution in [1.82, 2.24) is 10.6 Å². The number of aliphatic hydroxyl groups excluding tert-OH is 1. The molecular weight excluding hydrogens is 192 g/mol. The summed E-state index contributed by atoms with van der Waals surface area (Å²) in [5.74, 6) is 0.366. The predicted octanol–water partition coefficient (Wildman–Crippen LogP) is 0.262. The summed E-state index contributed by atoms with van der Waals surface area (Å²) in [7, 11) is 0. The number of hydrogen-bond donors (Lipinski definition) is 3. The standard InChI is InChI=1S/C11H22N2O2/c1-8(2)13-11(15)6-12-10-5-3-4-9(10)7-14/h8-10,12,14H,3-7H2,1-2H3,(H,13,15). The molecule has 1 aliphatic rings. The van der Waals surface area contributed by atoms with Crippen LogP contribution in [0.3, 0.4) is 0 Å². The molecule has 1 saturated carbocycles. The van der Waals surface area contributed by atoms with E-state index in [9.17, 15) is 4.79 Å². The van der Waals surface area contributed by atoms with Gasteiger partial charge in [0.25, 0.3) is 0 Å². The molecule has 15 heavy (non-hydrogen) atoms. The normalized spacial score (nSPS) is 25.9. The first-order chi connectivity index (χ1) is 7.13. The van der Waals surface area contributed by atoms with E-state index in [1.165, 1.54) is 0 Å². The number of rotatable bonds is 5. The summed E-state index contributed by atoms with van der Waals surface area (Å²) in [6, 6.07) is 0.504. The fourth-order valence-electron chi connectivity index (χ4n) is 2.12. The highest BCUT2D eigenvalue weighted by Gasteiger charge is 2.26. The lowest BCUT2D eigenvalue weighted by molar-refractivity contribution is -0.120. The van der Waals surface area contributed by atoms with Crippen molar-refractivity contribution in [2.75, 3.05) is 13.2 Å². The van der Waals surface area contributed by atoms with Gasteiger partial charge in [-0.2, -0.15) is 0 Å². The Morgan fingerprint density at radius 1 is 1.47 bits per heavy atom. The maximum absolute atomic E-state index is 11.4. The molecule has 0 spiro atoms. The molecule has 0 bridgehead atoms. The van der Waals surface area contributed by atoms with Crippen LogP contribution in [0.4, 0.5) is 0 Å². The molecule has 1 amide bonds. The Balaban J connectivity index is 2.21. The van der Waals surface area contributed by atoms with Crippen LogP contribution in [0.2, 0.25) is 0 Å². The number of carbonyl (C=O) groups excluding carboxylic acids is 1. The Bertz CT molecular complexity index is 207. The van der Waals surface area contributed by atoms with Gasteiger partial charge in [0.05, 0.1) is 6.54 Å². The van der Waals surface area contributed by atoms with Gasteiger partial charge in [0.2, 0.25) is 5.91 Å². The van der Waals surface area contributed by atoms with Gasteiger partial charge in [0, 0.05) is 18.7 Å². The van der Waals surface area contributed by atoms with Crippen LogP contribution in [0.5, 0.6) is 0 Å². The zero-order valence-corrected chi connectivity index (χ0v) is 9.62. The van der Waals surface area contributed by atoms with Gasteiger partial charge >= 0.3 is 0 Å². The van der Waals surface area contributed by atoms with Gasteiger partial charge in [-0.05, 0) is 32.6 Å². The second-order valence-electron chi connectivity index (χ2n) is 4.58. The monoisotopic (exact) mass is 214 g/mol. The second kappa shape index (κ2) is 6.08. The summed E-state index contributed by atoms with van der Waals surface area (Å²) in [6.07, 6.45) is 3.29. The maximum Gasteiger partial charge on any atom is 0.234 e. The Kier molecular flexibility index (Phi) is 5.05. The SMILES string of the molecule is CC(C)NC(=O)CNC1CCCC1CO. The zero-order chi connectivity index (χ0) is 11.3. The molecule has 2 unspecified atom stereocenters. The fraction of sp³-hybridized carbons (Fsp3) is 0.909. The first-order valence-electron chi connectivity index (χ1n) is 5.77. The molecule has 0 saturated heterocycles. The summed E-state index contributed by atoms with van der Waals surface area (Å²) in [5.41, 5.74) is 0. The van der Waals surface area contributed by atoms with Crippen molar-refractivity contribution in [3.63, 3.8) is 0 Å². The van der Waals surface area contributed by atoms with E-state index < -0.39 is 0 Å². The number of nitrogens with one attached hydrogen (secondary N) is 2. The van der Waals surface area contributed by atoms with Crippen LogP contribution < -0.4 is 10.6 Å². The highest BCUT2D eigenvalue weighted by atomic mass is 16.3. The third-order valence-electron chi connectivity index (χ3n) is 2.87. The molecule has 0 aromatic rings. The van der Waals surface area contributed by atoms with Crippen LogP contribution in [-0.4, -0.2) is 36.2 Å². The maximum atomic E-state index is 11.4. The van der Waals surface area contributed by atoms with E-state index in [-0.39, 0.29) is 18.6 Å². The molecule has 0 radical (unpaired) electrons. The third-order valence-corrected chi connectivity index (χ3v) is 2.87. The van der Waals surface area contributed by atoms with E-state index in [0.717, 1.165) is 19.3 Å². The molecule has 0 aromatic heterocycles. The summed E-state index contributed by atoms with van der Waals surface area (Å²) in [6.45, 7) is 4.48. The lowest BCUT2D eigenvalue weighted by atomic mass is 10.1. The topological polar surface area (TPSA) is 61.4 Å². The minimum absolute atomic E-state index is 0.0357. The Morgan fingerprint density at radius 3 is 2.80 bits per heavy atom. The molecule has 2 atom stereocenters. The minimum Gasteiger partial charge on any atom is -0.396 e. The molecule has 0 aliphatic heterocycles. The molecule has 1 fully saturated rings. The highest BCUT2D eigenvalue weighted by molar-refractivity contribution is 5.78. The largest absolute Gasteiger partial charge is 0.396 e. The van der Waals surface area contributed by atoms with E-state index in [1.807, 2.05) is 13.8 Å². The van der Waals surface area contributed by atoms with Crippen LogP contribution in [0.1, 0.15) is 33.1 Å². The molecule has 0 heterocycles. The van der Waals surface area contributed by atoms with E-state index in [4.69, 9.17) is 5.11 Å². The average molecular weight is 214 g/mol. The van der Waals surface area contributed by atoms with Crippen molar-refractivity contribution in [3.8, 4) is 0 Å². The molecule has 4 heteroatoms. The minimum atomic E-state index is 0.0357. The van der Waals surface area contributed by atoms with Gasteiger partial charge in [-0.1, -0.05) is 6.42 Å². The lowest BCUT2D eigenvalue weighted by Crippen LogP contribution is -2.43. The van der Waals surface area contributed by atoms with E-state index in [2.05, 4.69) is 10.6 Å². The first kappa shape index (κ1) is 12.5. The van der Waals surface area contributed by atoms with Gasteiger partial charge in [-0.25, -0.2) is 0 Å². The quantitative estimate of drug-likeness (QED) is 0.615. The molecule has 3 N–H and O–H groups in total. The molecule has 0 aromatic carbocycles. The third kappa shape index (κ3) is 4.18. The van der Waals surface area contributed by atoms with E-state index in [0.29, 0.717) is 18.5 Å². The van der Waals surface area contributed by atoms with Crippen molar-refractivity contribution in [2.24, 2.45) is 5.92 Å². The van der Waals surface area contributed by atoms with Gasteiger partial charge in [0.15, 0.2) is 0 Å². The molecule has 4 nitrogen and oxygen atoms in total. The lowest BCUT2D eigenvalue weighted by Gasteiger charge is -2.19. The molecule has 1 aliphatic carbocycles. The van der Waals surface area contributed by atoms with E-state index in [1.54, 1.807) is 0 Å². The predicted molar refractivity (Wildman–Crippen MR) is 59.5 cm³/mol. The summed E-state index contributed by atoms with van der Waals surface area (Å²) in [5, 5.41) is 15.2. The van der Waals surface area contributed by atoms with Gasteiger partial charge in [0.1, 0.15) is 0 Å². The number of hydrogen-bond acceptors (Lipinski definition) is 3. The van der Waals surface area contributed by atoms with Crippen LogP contribution in [0.25, 0.3) is 0 Å². The molecule has 1 rings (SSSR count). The second-order valence-corrected chi connectivity index (χ2v) is 4.58. The smallest absolute Gasteiger partial charge is 0.234 e. The van der Waals surface area contributed by atoms with Gasteiger partial charge in [-0.15, -0.1) is 0 Å². The van der Waals surface area contributed by atoms with Crippen LogP contribution in [0, 0.1) is 5.92 Å².